The number of aryl methyl sites for hydroxylation is 1. The van der Waals surface area contributed by atoms with Gasteiger partial charge in [0.2, 0.25) is 5.91 Å². The van der Waals surface area contributed by atoms with Gasteiger partial charge in [-0.2, -0.15) is 0 Å². The van der Waals surface area contributed by atoms with Crippen molar-refractivity contribution in [1.82, 2.24) is 4.90 Å². The monoisotopic (exact) mass is 262 g/mol. The van der Waals surface area contributed by atoms with Crippen LogP contribution in [-0.4, -0.2) is 42.2 Å². The van der Waals surface area contributed by atoms with Crippen molar-refractivity contribution in [3.63, 3.8) is 0 Å². The SMILES string of the molecule is CCCc1ccc(NC(=O)CN2CC(CO)C2)cc1. The molecule has 0 aromatic heterocycles. The van der Waals surface area contributed by atoms with E-state index < -0.39 is 0 Å². The van der Waals surface area contributed by atoms with Crippen LogP contribution in [-0.2, 0) is 11.2 Å². The van der Waals surface area contributed by atoms with Crippen molar-refractivity contribution in [2.75, 3.05) is 31.6 Å². The average molecular weight is 262 g/mol. The van der Waals surface area contributed by atoms with Crippen molar-refractivity contribution >= 4 is 11.6 Å². The molecule has 1 aromatic carbocycles. The summed E-state index contributed by atoms with van der Waals surface area (Å²) in [5.74, 6) is 0.362. The lowest BCUT2D eigenvalue weighted by Gasteiger charge is -2.37. The van der Waals surface area contributed by atoms with E-state index in [0.29, 0.717) is 12.5 Å². The Kier molecular flexibility index (Phi) is 4.93. The van der Waals surface area contributed by atoms with Crippen LogP contribution in [0.1, 0.15) is 18.9 Å². The fourth-order valence-electron chi connectivity index (χ4n) is 2.37. The second-order valence-corrected chi connectivity index (χ2v) is 5.24. The van der Waals surface area contributed by atoms with Gasteiger partial charge in [0.15, 0.2) is 0 Å². The molecule has 0 unspecified atom stereocenters. The molecule has 1 amide bonds. The number of nitrogens with one attached hydrogen (secondary N) is 1. The van der Waals surface area contributed by atoms with E-state index >= 15 is 0 Å². The number of nitrogens with zero attached hydrogens (tertiary/aromatic N) is 1. The summed E-state index contributed by atoms with van der Waals surface area (Å²) in [4.78, 5) is 13.8. The summed E-state index contributed by atoms with van der Waals surface area (Å²) in [7, 11) is 0. The Labute approximate surface area is 114 Å². The predicted octanol–water partition coefficient (Wildman–Crippen LogP) is 1.50. The molecule has 1 heterocycles. The van der Waals surface area contributed by atoms with Gasteiger partial charge in [-0.05, 0) is 24.1 Å². The highest BCUT2D eigenvalue weighted by Gasteiger charge is 2.27. The number of aliphatic hydroxyl groups excluding tert-OH is 1. The number of carbonyl (C=O) groups is 1. The third-order valence-electron chi connectivity index (χ3n) is 3.43. The van der Waals surface area contributed by atoms with Crippen molar-refractivity contribution < 1.29 is 9.90 Å². The van der Waals surface area contributed by atoms with Crippen LogP contribution in [0.3, 0.4) is 0 Å². The normalized spacial score (nSPS) is 16.1. The molecular weight excluding hydrogens is 240 g/mol. The minimum atomic E-state index is 0.0135. The van der Waals surface area contributed by atoms with Gasteiger partial charge < -0.3 is 10.4 Å². The summed E-state index contributed by atoms with van der Waals surface area (Å²) in [6.45, 7) is 4.42. The maximum absolute atomic E-state index is 11.8. The Morgan fingerprint density at radius 1 is 1.37 bits per heavy atom. The number of benzene rings is 1. The van der Waals surface area contributed by atoms with Crippen LogP contribution in [0.4, 0.5) is 5.69 Å². The molecule has 0 aliphatic carbocycles. The lowest BCUT2D eigenvalue weighted by Crippen LogP contribution is -2.51. The summed E-state index contributed by atoms with van der Waals surface area (Å²) in [5, 5.41) is 11.8. The Hall–Kier alpha value is -1.39. The molecule has 1 aliphatic heterocycles. The number of anilines is 1. The van der Waals surface area contributed by atoms with E-state index in [1.807, 2.05) is 17.0 Å². The van der Waals surface area contributed by atoms with Gasteiger partial charge >= 0.3 is 0 Å². The largest absolute Gasteiger partial charge is 0.396 e. The van der Waals surface area contributed by atoms with E-state index in [0.717, 1.165) is 31.6 Å². The van der Waals surface area contributed by atoms with Crippen molar-refractivity contribution in [1.29, 1.82) is 0 Å². The lowest BCUT2D eigenvalue weighted by molar-refractivity contribution is -0.119. The highest BCUT2D eigenvalue weighted by Crippen LogP contribution is 2.15. The number of hydrogen-bond acceptors (Lipinski definition) is 3. The van der Waals surface area contributed by atoms with E-state index in [1.54, 1.807) is 0 Å². The van der Waals surface area contributed by atoms with Gasteiger partial charge in [-0.15, -0.1) is 0 Å². The summed E-state index contributed by atoms with van der Waals surface area (Å²) in [5.41, 5.74) is 2.15. The van der Waals surface area contributed by atoms with Crippen molar-refractivity contribution in [3.05, 3.63) is 29.8 Å². The van der Waals surface area contributed by atoms with Crippen LogP contribution in [0, 0.1) is 5.92 Å². The van der Waals surface area contributed by atoms with Crippen LogP contribution < -0.4 is 5.32 Å². The molecule has 0 radical (unpaired) electrons. The zero-order chi connectivity index (χ0) is 13.7. The molecule has 0 spiro atoms. The molecule has 4 heteroatoms. The molecule has 2 N–H and O–H groups in total. The highest BCUT2D eigenvalue weighted by atomic mass is 16.3. The fraction of sp³-hybridized carbons (Fsp3) is 0.533. The van der Waals surface area contributed by atoms with Gasteiger partial charge in [-0.3, -0.25) is 9.69 Å². The highest BCUT2D eigenvalue weighted by molar-refractivity contribution is 5.92. The van der Waals surface area contributed by atoms with E-state index in [1.165, 1.54) is 5.56 Å². The number of aliphatic hydroxyl groups is 1. The van der Waals surface area contributed by atoms with Crippen LogP contribution in [0.25, 0.3) is 0 Å². The summed E-state index contributed by atoms with van der Waals surface area (Å²) >= 11 is 0. The van der Waals surface area contributed by atoms with E-state index in [9.17, 15) is 4.79 Å². The molecule has 1 fully saturated rings. The van der Waals surface area contributed by atoms with Gasteiger partial charge in [0.05, 0.1) is 6.54 Å². The number of likely N-dealkylation sites (tertiary alicyclic amines) is 1. The summed E-state index contributed by atoms with van der Waals surface area (Å²) in [6.07, 6.45) is 2.21. The summed E-state index contributed by atoms with van der Waals surface area (Å²) in [6, 6.07) is 8.03. The van der Waals surface area contributed by atoms with Gasteiger partial charge in [0.1, 0.15) is 0 Å². The molecule has 4 nitrogen and oxygen atoms in total. The zero-order valence-electron chi connectivity index (χ0n) is 11.4. The van der Waals surface area contributed by atoms with Gasteiger partial charge in [0, 0.05) is 31.3 Å². The van der Waals surface area contributed by atoms with Gasteiger partial charge in [-0.25, -0.2) is 0 Å². The Morgan fingerprint density at radius 3 is 2.63 bits per heavy atom. The Balaban J connectivity index is 1.76. The van der Waals surface area contributed by atoms with Crippen LogP contribution >= 0.6 is 0 Å². The second-order valence-electron chi connectivity index (χ2n) is 5.24. The van der Waals surface area contributed by atoms with Crippen molar-refractivity contribution in [3.8, 4) is 0 Å². The molecule has 1 saturated heterocycles. The molecule has 1 aliphatic rings. The van der Waals surface area contributed by atoms with Gasteiger partial charge in [0.25, 0.3) is 0 Å². The molecule has 0 atom stereocenters. The van der Waals surface area contributed by atoms with Crippen LogP contribution in [0.2, 0.25) is 0 Å². The van der Waals surface area contributed by atoms with Crippen molar-refractivity contribution in [2.24, 2.45) is 5.92 Å². The Bertz CT molecular complexity index is 411. The fourth-order valence-corrected chi connectivity index (χ4v) is 2.37. The zero-order valence-corrected chi connectivity index (χ0v) is 11.4. The predicted molar refractivity (Wildman–Crippen MR) is 76.1 cm³/mol. The van der Waals surface area contributed by atoms with Crippen LogP contribution in [0.5, 0.6) is 0 Å². The van der Waals surface area contributed by atoms with E-state index in [-0.39, 0.29) is 12.5 Å². The first kappa shape index (κ1) is 14.0. The minimum Gasteiger partial charge on any atom is -0.396 e. The Morgan fingerprint density at radius 2 is 2.05 bits per heavy atom. The number of carbonyl (C=O) groups excluding carboxylic acids is 1. The third-order valence-corrected chi connectivity index (χ3v) is 3.43. The second kappa shape index (κ2) is 6.68. The summed E-state index contributed by atoms with van der Waals surface area (Å²) < 4.78 is 0. The maximum atomic E-state index is 11.8. The van der Waals surface area contributed by atoms with Crippen molar-refractivity contribution in [2.45, 2.75) is 19.8 Å². The lowest BCUT2D eigenvalue weighted by atomic mass is 10.0. The van der Waals surface area contributed by atoms with E-state index in [4.69, 9.17) is 5.11 Å². The third kappa shape index (κ3) is 4.04. The van der Waals surface area contributed by atoms with Gasteiger partial charge in [-0.1, -0.05) is 25.5 Å². The molecule has 0 bridgehead atoms. The van der Waals surface area contributed by atoms with Crippen LogP contribution in [0.15, 0.2) is 24.3 Å². The first-order valence-electron chi connectivity index (χ1n) is 6.93. The first-order chi connectivity index (χ1) is 9.21. The number of amides is 1. The molecule has 104 valence electrons. The number of hydrogen-bond donors (Lipinski definition) is 2. The molecule has 1 aromatic rings. The quantitative estimate of drug-likeness (QED) is 0.817. The molecule has 19 heavy (non-hydrogen) atoms. The number of rotatable bonds is 6. The molecule has 0 saturated carbocycles. The average Bonchev–Trinajstić information content (AvgIpc) is 2.36. The topological polar surface area (TPSA) is 52.6 Å². The molecule has 2 rings (SSSR count). The van der Waals surface area contributed by atoms with E-state index in [2.05, 4.69) is 24.4 Å². The first-order valence-corrected chi connectivity index (χ1v) is 6.93. The smallest absolute Gasteiger partial charge is 0.238 e. The maximum Gasteiger partial charge on any atom is 0.238 e. The standard InChI is InChI=1S/C15H22N2O2/c1-2-3-12-4-6-14(7-5-12)16-15(19)10-17-8-13(9-17)11-18/h4-7,13,18H,2-3,8-11H2,1H3,(H,16,19). The minimum absolute atomic E-state index is 0.0135. The molecular formula is C15H22N2O2.